The van der Waals surface area contributed by atoms with Crippen LogP contribution >= 0.6 is 23.5 Å². The van der Waals surface area contributed by atoms with Crippen LogP contribution in [-0.2, 0) is 20.6 Å². The summed E-state index contributed by atoms with van der Waals surface area (Å²) in [6.07, 6.45) is 0. The van der Waals surface area contributed by atoms with Crippen LogP contribution in [0.25, 0.3) is 0 Å². The first-order valence-corrected chi connectivity index (χ1v) is 8.46. The van der Waals surface area contributed by atoms with E-state index in [1.807, 2.05) is 23.5 Å². The van der Waals surface area contributed by atoms with E-state index in [1.165, 1.54) is 34.9 Å². The summed E-state index contributed by atoms with van der Waals surface area (Å²) in [6.45, 7) is 1.48. The molecule has 5 nitrogen and oxygen atoms in total. The van der Waals surface area contributed by atoms with Gasteiger partial charge in [-0.25, -0.2) is 4.79 Å². The van der Waals surface area contributed by atoms with Crippen LogP contribution < -0.4 is 16.6 Å². The van der Waals surface area contributed by atoms with Crippen molar-refractivity contribution in [2.45, 2.75) is 11.8 Å². The molecule has 0 saturated carbocycles. The molecule has 1 fully saturated rings. The Kier molecular flexibility index (Phi) is 5.18. The molecule has 2 heterocycles. The fourth-order valence-corrected chi connectivity index (χ4v) is 4.61. The molecule has 1 atom stereocenters. The number of aromatic nitrogens is 2. The molecular formula is C12H19N3O2S2. The first-order valence-electron chi connectivity index (χ1n) is 6.25. The predicted octanol–water partition coefficient (Wildman–Crippen LogP) is 0.0222. The Balaban J connectivity index is 1.96. The molecule has 1 aliphatic heterocycles. The monoisotopic (exact) mass is 301 g/mol. The summed E-state index contributed by atoms with van der Waals surface area (Å²) in [5.41, 5.74) is 0.218. The van der Waals surface area contributed by atoms with Gasteiger partial charge in [0.15, 0.2) is 0 Å². The molecule has 1 N–H and O–H groups in total. The van der Waals surface area contributed by atoms with Gasteiger partial charge in [-0.2, -0.15) is 23.5 Å². The van der Waals surface area contributed by atoms with Crippen LogP contribution in [-0.4, -0.2) is 38.2 Å². The minimum absolute atomic E-state index is 0.248. The summed E-state index contributed by atoms with van der Waals surface area (Å²) in [5.74, 6) is 3.62. The van der Waals surface area contributed by atoms with Crippen molar-refractivity contribution in [2.75, 3.05) is 23.8 Å². The van der Waals surface area contributed by atoms with E-state index in [0.29, 0.717) is 11.8 Å². The molecule has 1 saturated heterocycles. The highest BCUT2D eigenvalue weighted by atomic mass is 32.2. The van der Waals surface area contributed by atoms with Gasteiger partial charge in [-0.3, -0.25) is 13.9 Å². The molecule has 0 radical (unpaired) electrons. The minimum Gasteiger partial charge on any atom is -0.310 e. The third kappa shape index (κ3) is 3.67. The normalized spacial score (nSPS) is 19.6. The van der Waals surface area contributed by atoms with Gasteiger partial charge in [0.25, 0.3) is 5.56 Å². The molecule has 7 heteroatoms. The summed E-state index contributed by atoms with van der Waals surface area (Å²) < 4.78 is 2.65. The number of thioether (sulfide) groups is 2. The van der Waals surface area contributed by atoms with Gasteiger partial charge >= 0.3 is 5.69 Å². The molecule has 106 valence electrons. The zero-order valence-electron chi connectivity index (χ0n) is 11.2. The van der Waals surface area contributed by atoms with Crippen LogP contribution in [0.5, 0.6) is 0 Å². The lowest BCUT2D eigenvalue weighted by Crippen LogP contribution is -2.39. The molecule has 0 aromatic carbocycles. The van der Waals surface area contributed by atoms with Crippen molar-refractivity contribution in [3.8, 4) is 0 Å². The summed E-state index contributed by atoms with van der Waals surface area (Å²) >= 11 is 3.98. The van der Waals surface area contributed by atoms with E-state index in [1.54, 1.807) is 7.05 Å². The van der Waals surface area contributed by atoms with E-state index < -0.39 is 0 Å². The van der Waals surface area contributed by atoms with E-state index in [-0.39, 0.29) is 11.2 Å². The van der Waals surface area contributed by atoms with Gasteiger partial charge in [0.2, 0.25) is 0 Å². The van der Waals surface area contributed by atoms with Crippen molar-refractivity contribution < 1.29 is 0 Å². The molecule has 19 heavy (non-hydrogen) atoms. The minimum atomic E-state index is -0.271. The van der Waals surface area contributed by atoms with Crippen LogP contribution in [0.15, 0.2) is 15.7 Å². The van der Waals surface area contributed by atoms with Crippen molar-refractivity contribution in [3.05, 3.63) is 32.6 Å². The molecular weight excluding hydrogens is 282 g/mol. The Hall–Kier alpha value is -0.660. The average Bonchev–Trinajstić information content (AvgIpc) is 2.43. The molecule has 0 aliphatic carbocycles. The van der Waals surface area contributed by atoms with E-state index >= 15 is 0 Å². The number of nitrogens with zero attached hydrogens (tertiary/aromatic N) is 2. The fraction of sp³-hybridized carbons (Fsp3) is 0.667. The Morgan fingerprint density at radius 2 is 2.11 bits per heavy atom. The first kappa shape index (κ1) is 14.7. The lowest BCUT2D eigenvalue weighted by atomic mass is 10.3. The molecule has 1 aromatic rings. The van der Waals surface area contributed by atoms with Crippen molar-refractivity contribution in [1.82, 2.24) is 14.5 Å². The van der Waals surface area contributed by atoms with Gasteiger partial charge in [0.1, 0.15) is 0 Å². The van der Waals surface area contributed by atoms with E-state index in [0.717, 1.165) is 16.8 Å². The standard InChI is InChI=1S/C12H19N3O2S2/c1-14-9(5-11(16)15(2)12(14)17)6-13-7-10-8-18-3-4-19-10/h5,10,13H,3-4,6-8H2,1-2H3. The Bertz CT molecular complexity index is 547. The van der Waals surface area contributed by atoms with Crippen LogP contribution in [0, 0.1) is 0 Å². The van der Waals surface area contributed by atoms with E-state index in [4.69, 9.17) is 0 Å². The van der Waals surface area contributed by atoms with Gasteiger partial charge in [0.05, 0.1) is 0 Å². The second kappa shape index (κ2) is 6.67. The Morgan fingerprint density at radius 3 is 2.79 bits per heavy atom. The Morgan fingerprint density at radius 1 is 1.32 bits per heavy atom. The van der Waals surface area contributed by atoms with Crippen molar-refractivity contribution >= 4 is 23.5 Å². The Labute approximate surface area is 120 Å². The SMILES string of the molecule is Cn1c(CNCC2CSCCS2)cc(=O)n(C)c1=O. The highest BCUT2D eigenvalue weighted by Gasteiger charge is 2.14. The van der Waals surface area contributed by atoms with Crippen LogP contribution in [0.3, 0.4) is 0 Å². The smallest absolute Gasteiger partial charge is 0.310 e. The number of nitrogens with one attached hydrogen (secondary N) is 1. The molecule has 0 bridgehead atoms. The van der Waals surface area contributed by atoms with Gasteiger partial charge in [-0.15, -0.1) is 0 Å². The summed E-state index contributed by atoms with van der Waals surface area (Å²) in [4.78, 5) is 23.4. The van der Waals surface area contributed by atoms with Crippen LogP contribution in [0.1, 0.15) is 5.69 Å². The zero-order chi connectivity index (χ0) is 13.8. The van der Waals surface area contributed by atoms with Gasteiger partial charge in [0, 0.05) is 61.5 Å². The van der Waals surface area contributed by atoms with E-state index in [9.17, 15) is 9.59 Å². The zero-order valence-corrected chi connectivity index (χ0v) is 12.9. The largest absolute Gasteiger partial charge is 0.330 e. The van der Waals surface area contributed by atoms with Gasteiger partial charge in [-0.05, 0) is 0 Å². The van der Waals surface area contributed by atoms with E-state index in [2.05, 4.69) is 5.32 Å². The maximum absolute atomic E-state index is 11.8. The first-order chi connectivity index (χ1) is 9.09. The van der Waals surface area contributed by atoms with Crippen molar-refractivity contribution in [1.29, 1.82) is 0 Å². The molecule has 1 aliphatic rings. The van der Waals surface area contributed by atoms with Crippen LogP contribution in [0.4, 0.5) is 0 Å². The number of hydrogen-bond acceptors (Lipinski definition) is 5. The highest BCUT2D eigenvalue weighted by molar-refractivity contribution is 8.06. The lowest BCUT2D eigenvalue weighted by Gasteiger charge is -2.21. The summed E-state index contributed by atoms with van der Waals surface area (Å²) in [6, 6.07) is 1.52. The second-order valence-corrected chi connectivity index (χ2v) is 7.13. The maximum atomic E-state index is 11.8. The highest BCUT2D eigenvalue weighted by Crippen LogP contribution is 2.23. The molecule has 2 rings (SSSR count). The van der Waals surface area contributed by atoms with Crippen molar-refractivity contribution in [3.63, 3.8) is 0 Å². The van der Waals surface area contributed by atoms with Crippen LogP contribution in [0.2, 0.25) is 0 Å². The molecule has 1 aromatic heterocycles. The average molecular weight is 301 g/mol. The second-order valence-electron chi connectivity index (χ2n) is 4.57. The lowest BCUT2D eigenvalue weighted by molar-refractivity contribution is 0.601. The van der Waals surface area contributed by atoms with Gasteiger partial charge in [-0.1, -0.05) is 0 Å². The third-order valence-electron chi connectivity index (χ3n) is 3.19. The number of hydrogen-bond donors (Lipinski definition) is 1. The molecule has 0 amide bonds. The predicted molar refractivity (Wildman–Crippen MR) is 82.2 cm³/mol. The molecule has 1 unspecified atom stereocenters. The van der Waals surface area contributed by atoms with Crippen molar-refractivity contribution in [2.24, 2.45) is 14.1 Å². The van der Waals surface area contributed by atoms with Gasteiger partial charge < -0.3 is 5.32 Å². The summed E-state index contributed by atoms with van der Waals surface area (Å²) in [7, 11) is 3.20. The number of rotatable bonds is 4. The fourth-order valence-electron chi connectivity index (χ4n) is 1.96. The molecule has 0 spiro atoms. The maximum Gasteiger partial charge on any atom is 0.330 e. The topological polar surface area (TPSA) is 56.0 Å². The summed E-state index contributed by atoms with van der Waals surface area (Å²) in [5, 5.41) is 3.97. The quantitative estimate of drug-likeness (QED) is 0.850. The third-order valence-corrected chi connectivity index (χ3v) is 6.03.